The van der Waals surface area contributed by atoms with E-state index in [2.05, 4.69) is 40.0 Å². The Morgan fingerprint density at radius 1 is 1.29 bits per heavy atom. The molecule has 0 bridgehead atoms. The van der Waals surface area contributed by atoms with Crippen LogP contribution in [0.25, 0.3) is 6.08 Å². The molecule has 0 aliphatic carbocycles. The molecule has 130 valence electrons. The van der Waals surface area contributed by atoms with Gasteiger partial charge in [0.2, 0.25) is 0 Å². The molecule has 5 heteroatoms. The van der Waals surface area contributed by atoms with E-state index in [0.717, 1.165) is 18.7 Å². The summed E-state index contributed by atoms with van der Waals surface area (Å²) in [7, 11) is 0. The van der Waals surface area contributed by atoms with Crippen molar-refractivity contribution >= 4 is 23.7 Å². The van der Waals surface area contributed by atoms with Crippen molar-refractivity contribution in [3.63, 3.8) is 0 Å². The smallest absolute Gasteiger partial charge is 0.107 e. The average molecular weight is 346 g/mol. The van der Waals surface area contributed by atoms with Crippen molar-refractivity contribution in [1.29, 1.82) is 5.26 Å². The van der Waals surface area contributed by atoms with Crippen LogP contribution in [-0.4, -0.2) is 30.3 Å². The second kappa shape index (κ2) is 9.12. The Kier molecular flexibility index (Phi) is 7.16. The fourth-order valence-corrected chi connectivity index (χ4v) is 3.42. The number of rotatable bonds is 7. The lowest BCUT2D eigenvalue weighted by molar-refractivity contribution is 0.248. The molecule has 0 spiro atoms. The van der Waals surface area contributed by atoms with Gasteiger partial charge in [-0.05, 0) is 75.3 Å². The first kappa shape index (κ1) is 18.9. The van der Waals surface area contributed by atoms with E-state index in [-0.39, 0.29) is 12.1 Å². The zero-order valence-corrected chi connectivity index (χ0v) is 15.4. The highest BCUT2D eigenvalue weighted by molar-refractivity contribution is 8.01. The molecule has 0 radical (unpaired) electrons. The number of aliphatic hydroxyl groups excluding tert-OH is 1. The highest BCUT2D eigenvalue weighted by atomic mass is 32.2. The van der Waals surface area contributed by atoms with Gasteiger partial charge in [-0.1, -0.05) is 12.1 Å². The summed E-state index contributed by atoms with van der Waals surface area (Å²) in [4.78, 5) is 3.04. The third kappa shape index (κ3) is 5.86. The van der Waals surface area contributed by atoms with Gasteiger partial charge in [-0.2, -0.15) is 5.26 Å². The minimum Gasteiger partial charge on any atom is -0.396 e. The number of nitrogens with one attached hydrogen (secondary N) is 1. The van der Waals surface area contributed by atoms with Crippen molar-refractivity contribution in [3.05, 3.63) is 34.7 Å². The molecule has 1 aliphatic rings. The standard InChI is InChI=1S/C19H27N3OS/c1-19(2,10-13-23)21-24-18(15-20)14-16-6-8-17(9-7-16)22-11-4-3-5-12-22/h6-9,14,21,23H,3-5,10-13H2,1-2H3/b18-14+. The summed E-state index contributed by atoms with van der Waals surface area (Å²) in [5.74, 6) is 0. The van der Waals surface area contributed by atoms with Gasteiger partial charge in [-0.15, -0.1) is 0 Å². The lowest BCUT2D eigenvalue weighted by Gasteiger charge is -2.28. The second-order valence-corrected chi connectivity index (χ2v) is 7.67. The summed E-state index contributed by atoms with van der Waals surface area (Å²) < 4.78 is 3.25. The molecule has 0 unspecified atom stereocenters. The monoisotopic (exact) mass is 345 g/mol. The molecular weight excluding hydrogens is 318 g/mol. The first-order valence-electron chi connectivity index (χ1n) is 8.56. The van der Waals surface area contributed by atoms with Crippen LogP contribution in [0.4, 0.5) is 5.69 Å². The van der Waals surface area contributed by atoms with Crippen LogP contribution in [0.15, 0.2) is 29.2 Å². The van der Waals surface area contributed by atoms with E-state index < -0.39 is 0 Å². The molecule has 1 fully saturated rings. The van der Waals surface area contributed by atoms with Gasteiger partial charge in [0.05, 0.1) is 0 Å². The highest BCUT2D eigenvalue weighted by Gasteiger charge is 2.17. The first-order valence-corrected chi connectivity index (χ1v) is 9.37. The van der Waals surface area contributed by atoms with Crippen LogP contribution in [0, 0.1) is 11.3 Å². The fraction of sp³-hybridized carbons (Fsp3) is 0.526. The summed E-state index contributed by atoms with van der Waals surface area (Å²) >= 11 is 1.32. The van der Waals surface area contributed by atoms with Crippen LogP contribution in [0.3, 0.4) is 0 Å². The van der Waals surface area contributed by atoms with Gasteiger partial charge in [0.25, 0.3) is 0 Å². The van der Waals surface area contributed by atoms with Crippen molar-refractivity contribution in [2.24, 2.45) is 0 Å². The fourth-order valence-electron chi connectivity index (χ4n) is 2.69. The van der Waals surface area contributed by atoms with Crippen LogP contribution < -0.4 is 9.62 Å². The van der Waals surface area contributed by atoms with E-state index in [1.165, 1.54) is 36.9 Å². The predicted molar refractivity (Wildman–Crippen MR) is 103 cm³/mol. The van der Waals surface area contributed by atoms with Crippen LogP contribution in [-0.2, 0) is 0 Å². The number of hydrogen-bond donors (Lipinski definition) is 2. The molecule has 2 rings (SSSR count). The number of nitriles is 1. The summed E-state index contributed by atoms with van der Waals surface area (Å²) in [5.41, 5.74) is 2.08. The van der Waals surface area contributed by atoms with Gasteiger partial charge in [0, 0.05) is 30.9 Å². The number of aliphatic hydroxyl groups is 1. The maximum atomic E-state index is 9.34. The Balaban J connectivity index is 1.98. The van der Waals surface area contributed by atoms with E-state index in [1.54, 1.807) is 0 Å². The molecule has 1 saturated heterocycles. The number of nitrogens with zero attached hydrogens (tertiary/aromatic N) is 2. The quantitative estimate of drug-likeness (QED) is 0.579. The molecule has 1 aliphatic heterocycles. The molecule has 0 saturated carbocycles. The van der Waals surface area contributed by atoms with E-state index in [4.69, 9.17) is 5.11 Å². The Labute approximate surface area is 149 Å². The number of hydrogen-bond acceptors (Lipinski definition) is 5. The third-order valence-electron chi connectivity index (χ3n) is 4.20. The number of piperidine rings is 1. The van der Waals surface area contributed by atoms with Crippen molar-refractivity contribution in [2.75, 3.05) is 24.6 Å². The number of benzene rings is 1. The SMILES string of the molecule is CC(C)(CCO)NS/C(C#N)=C/c1ccc(N2CCCCC2)cc1. The lowest BCUT2D eigenvalue weighted by Crippen LogP contribution is -2.35. The molecule has 24 heavy (non-hydrogen) atoms. The van der Waals surface area contributed by atoms with Crippen LogP contribution in [0.2, 0.25) is 0 Å². The average Bonchev–Trinajstić information content (AvgIpc) is 2.60. The second-order valence-electron chi connectivity index (χ2n) is 6.82. The van der Waals surface area contributed by atoms with E-state index >= 15 is 0 Å². The molecule has 0 amide bonds. The summed E-state index contributed by atoms with van der Waals surface area (Å²) in [6, 6.07) is 10.6. The normalized spacial score (nSPS) is 16.1. The van der Waals surface area contributed by atoms with Gasteiger partial charge < -0.3 is 10.0 Å². The zero-order valence-electron chi connectivity index (χ0n) is 14.6. The van der Waals surface area contributed by atoms with Gasteiger partial charge in [-0.25, -0.2) is 0 Å². The van der Waals surface area contributed by atoms with Crippen molar-refractivity contribution in [1.82, 2.24) is 4.72 Å². The Bertz CT molecular complexity index is 584. The first-order chi connectivity index (χ1) is 11.5. The highest BCUT2D eigenvalue weighted by Crippen LogP contribution is 2.23. The van der Waals surface area contributed by atoms with Crippen molar-refractivity contribution in [2.45, 2.75) is 45.1 Å². The maximum Gasteiger partial charge on any atom is 0.107 e. The molecule has 0 aromatic heterocycles. The maximum absolute atomic E-state index is 9.34. The van der Waals surface area contributed by atoms with Gasteiger partial charge in [0.15, 0.2) is 0 Å². The molecular formula is C19H27N3OS. The van der Waals surface area contributed by atoms with Crippen molar-refractivity contribution in [3.8, 4) is 6.07 Å². The summed E-state index contributed by atoms with van der Waals surface area (Å²) in [5, 5.41) is 18.4. The Morgan fingerprint density at radius 3 is 2.54 bits per heavy atom. The van der Waals surface area contributed by atoms with Crippen LogP contribution in [0.1, 0.15) is 45.1 Å². The Hall–Kier alpha value is -1.48. The van der Waals surface area contributed by atoms with Gasteiger partial charge in [-0.3, -0.25) is 4.72 Å². The zero-order chi connectivity index (χ0) is 17.4. The lowest BCUT2D eigenvalue weighted by atomic mass is 10.0. The largest absolute Gasteiger partial charge is 0.396 e. The van der Waals surface area contributed by atoms with E-state index in [0.29, 0.717) is 11.3 Å². The number of anilines is 1. The van der Waals surface area contributed by atoms with Crippen molar-refractivity contribution < 1.29 is 5.11 Å². The molecule has 1 aromatic rings. The predicted octanol–water partition coefficient (Wildman–Crippen LogP) is 3.94. The summed E-state index contributed by atoms with van der Waals surface area (Å²) in [6.45, 7) is 6.43. The van der Waals surface area contributed by atoms with Crippen LogP contribution in [0.5, 0.6) is 0 Å². The van der Waals surface area contributed by atoms with E-state index in [9.17, 15) is 5.26 Å². The molecule has 1 aromatic carbocycles. The van der Waals surface area contributed by atoms with Crippen LogP contribution >= 0.6 is 11.9 Å². The molecule has 4 nitrogen and oxygen atoms in total. The van der Waals surface area contributed by atoms with E-state index in [1.807, 2.05) is 19.9 Å². The minimum absolute atomic E-state index is 0.129. The third-order valence-corrected chi connectivity index (χ3v) is 5.28. The molecule has 2 N–H and O–H groups in total. The number of allylic oxidation sites excluding steroid dienone is 1. The van der Waals surface area contributed by atoms with Gasteiger partial charge in [0.1, 0.15) is 11.0 Å². The minimum atomic E-state index is -0.215. The summed E-state index contributed by atoms with van der Waals surface area (Å²) in [6.07, 6.45) is 6.41. The molecule has 0 atom stereocenters. The van der Waals surface area contributed by atoms with Gasteiger partial charge >= 0.3 is 0 Å². The molecule has 1 heterocycles. The Morgan fingerprint density at radius 2 is 1.96 bits per heavy atom. The topological polar surface area (TPSA) is 59.3 Å².